The maximum Gasteiger partial charge on any atom is 0.275 e. The van der Waals surface area contributed by atoms with Gasteiger partial charge in [-0.25, -0.2) is 5.48 Å². The zero-order valence-electron chi connectivity index (χ0n) is 16.3. The zero-order valence-corrected chi connectivity index (χ0v) is 17.1. The number of hydrogen-bond acceptors (Lipinski definition) is 5. The molecule has 4 aromatic rings. The Hall–Kier alpha value is -3.94. The summed E-state index contributed by atoms with van der Waals surface area (Å²) in [6.07, 6.45) is 0. The number of rotatable bonds is 5. The summed E-state index contributed by atoms with van der Waals surface area (Å²) in [6, 6.07) is 23.3. The topological polar surface area (TPSA) is 104 Å². The second-order valence-electron chi connectivity index (χ2n) is 6.80. The first-order valence-corrected chi connectivity index (χ1v) is 10.3. The van der Waals surface area contributed by atoms with Crippen LogP contribution in [-0.2, 0) is 0 Å². The summed E-state index contributed by atoms with van der Waals surface area (Å²) in [4.78, 5) is 26.0. The van der Waals surface area contributed by atoms with Crippen LogP contribution in [0.3, 0.4) is 0 Å². The number of amides is 2. The van der Waals surface area contributed by atoms with Gasteiger partial charge >= 0.3 is 0 Å². The van der Waals surface area contributed by atoms with Crippen LogP contribution >= 0.6 is 11.3 Å². The lowest BCUT2D eigenvalue weighted by Gasteiger charge is -2.12. The molecule has 3 aromatic carbocycles. The number of hydroxylamine groups is 1. The van der Waals surface area contributed by atoms with Gasteiger partial charge in [-0.1, -0.05) is 42.5 Å². The van der Waals surface area contributed by atoms with Crippen molar-refractivity contribution in [3.8, 4) is 21.6 Å². The Kier molecular flexibility index (Phi) is 5.79. The minimum Gasteiger partial charge on any atom is -0.397 e. The van der Waals surface area contributed by atoms with Crippen molar-refractivity contribution >= 4 is 34.5 Å². The summed E-state index contributed by atoms with van der Waals surface area (Å²) in [5.41, 5.74) is 11.7. The van der Waals surface area contributed by atoms with Gasteiger partial charge in [-0.05, 0) is 58.5 Å². The average molecular weight is 430 g/mol. The number of benzene rings is 3. The molecule has 0 saturated carbocycles. The second kappa shape index (κ2) is 8.83. The Morgan fingerprint density at radius 1 is 0.839 bits per heavy atom. The molecule has 31 heavy (non-hydrogen) atoms. The molecule has 1 heterocycles. The summed E-state index contributed by atoms with van der Waals surface area (Å²) in [5.74, 6) is -0.940. The normalized spacial score (nSPS) is 10.5. The molecule has 0 bridgehead atoms. The summed E-state index contributed by atoms with van der Waals surface area (Å²) >= 11 is 1.61. The van der Waals surface area contributed by atoms with E-state index in [9.17, 15) is 9.59 Å². The number of nitrogen functional groups attached to an aromatic ring is 1. The largest absolute Gasteiger partial charge is 0.397 e. The highest BCUT2D eigenvalue weighted by atomic mass is 32.1. The van der Waals surface area contributed by atoms with Crippen LogP contribution in [0.2, 0.25) is 0 Å². The lowest BCUT2D eigenvalue weighted by atomic mass is 9.97. The fourth-order valence-electron chi connectivity index (χ4n) is 3.28. The third kappa shape index (κ3) is 4.32. The molecule has 2 amide bonds. The van der Waals surface area contributed by atoms with Gasteiger partial charge in [-0.15, -0.1) is 11.3 Å². The first kappa shape index (κ1) is 20.3. The highest BCUT2D eigenvalue weighted by Gasteiger charge is 2.14. The molecule has 154 valence electrons. The first-order chi connectivity index (χ1) is 15.1. The van der Waals surface area contributed by atoms with E-state index >= 15 is 0 Å². The van der Waals surface area contributed by atoms with E-state index in [-0.39, 0.29) is 5.91 Å². The number of nitrogens with one attached hydrogen (secondary N) is 2. The van der Waals surface area contributed by atoms with Crippen LogP contribution in [0.4, 0.5) is 11.4 Å². The van der Waals surface area contributed by atoms with E-state index in [1.54, 1.807) is 71.4 Å². The molecule has 4 rings (SSSR count). The number of thiophene rings is 1. The van der Waals surface area contributed by atoms with Gasteiger partial charge in [-0.2, -0.15) is 0 Å². The predicted molar refractivity (Wildman–Crippen MR) is 123 cm³/mol. The van der Waals surface area contributed by atoms with Crippen molar-refractivity contribution < 1.29 is 14.8 Å². The SMILES string of the molecule is Nc1ccc(-c2cccs2)cc1NC(=O)c1cccc(-c2ccccc2C(=O)NO)c1. The van der Waals surface area contributed by atoms with Crippen LogP contribution < -0.4 is 16.5 Å². The highest BCUT2D eigenvalue weighted by molar-refractivity contribution is 7.13. The number of carbonyl (C=O) groups excluding carboxylic acids is 2. The monoisotopic (exact) mass is 429 g/mol. The third-order valence-corrected chi connectivity index (χ3v) is 5.74. The van der Waals surface area contributed by atoms with Crippen molar-refractivity contribution in [2.24, 2.45) is 0 Å². The van der Waals surface area contributed by atoms with Gasteiger partial charge in [0.2, 0.25) is 0 Å². The van der Waals surface area contributed by atoms with Gasteiger partial charge < -0.3 is 11.1 Å². The Bertz CT molecular complexity index is 1250. The Balaban J connectivity index is 1.63. The Labute approximate surface area is 182 Å². The molecule has 0 spiro atoms. The fraction of sp³-hybridized carbons (Fsp3) is 0. The van der Waals surface area contributed by atoms with Gasteiger partial charge in [0.15, 0.2) is 0 Å². The van der Waals surface area contributed by atoms with E-state index in [1.165, 1.54) is 0 Å². The molecule has 0 aliphatic rings. The van der Waals surface area contributed by atoms with Gasteiger partial charge in [0.1, 0.15) is 0 Å². The minimum absolute atomic E-state index is 0.301. The van der Waals surface area contributed by atoms with Crippen molar-refractivity contribution in [2.45, 2.75) is 0 Å². The van der Waals surface area contributed by atoms with Gasteiger partial charge in [0.05, 0.1) is 11.4 Å². The van der Waals surface area contributed by atoms with Crippen LogP contribution in [-0.4, -0.2) is 17.0 Å². The van der Waals surface area contributed by atoms with E-state index in [0.29, 0.717) is 33.6 Å². The second-order valence-corrected chi connectivity index (χ2v) is 7.75. The van der Waals surface area contributed by atoms with Crippen LogP contribution in [0.15, 0.2) is 84.2 Å². The molecule has 0 radical (unpaired) electrons. The predicted octanol–water partition coefficient (Wildman–Crippen LogP) is 5.04. The minimum atomic E-state index is -0.622. The molecule has 7 heteroatoms. The van der Waals surface area contributed by atoms with E-state index in [1.807, 2.05) is 29.6 Å². The Morgan fingerprint density at radius 3 is 2.45 bits per heavy atom. The van der Waals surface area contributed by atoms with E-state index in [4.69, 9.17) is 10.9 Å². The van der Waals surface area contributed by atoms with Crippen molar-refractivity contribution in [2.75, 3.05) is 11.1 Å². The van der Waals surface area contributed by atoms with Crippen LogP contribution in [0.25, 0.3) is 21.6 Å². The molecule has 0 fully saturated rings. The molecule has 0 atom stereocenters. The van der Waals surface area contributed by atoms with Crippen LogP contribution in [0, 0.1) is 0 Å². The number of hydrogen-bond donors (Lipinski definition) is 4. The van der Waals surface area contributed by atoms with E-state index < -0.39 is 5.91 Å². The molecule has 6 nitrogen and oxygen atoms in total. The van der Waals surface area contributed by atoms with E-state index in [2.05, 4.69) is 5.32 Å². The molecule has 0 unspecified atom stereocenters. The summed E-state index contributed by atoms with van der Waals surface area (Å²) in [6.45, 7) is 0. The lowest BCUT2D eigenvalue weighted by molar-refractivity contribution is 0.0707. The molecular weight excluding hydrogens is 410 g/mol. The highest BCUT2D eigenvalue weighted by Crippen LogP contribution is 2.31. The van der Waals surface area contributed by atoms with Gasteiger partial charge in [0, 0.05) is 16.0 Å². The summed E-state index contributed by atoms with van der Waals surface area (Å²) < 4.78 is 0. The maximum absolute atomic E-state index is 12.9. The first-order valence-electron chi connectivity index (χ1n) is 9.45. The molecule has 5 N–H and O–H groups in total. The quantitative estimate of drug-likeness (QED) is 0.203. The maximum atomic E-state index is 12.9. The lowest BCUT2D eigenvalue weighted by Crippen LogP contribution is -2.19. The average Bonchev–Trinajstić information content (AvgIpc) is 3.35. The molecule has 0 aliphatic heterocycles. The smallest absolute Gasteiger partial charge is 0.275 e. The summed E-state index contributed by atoms with van der Waals surface area (Å²) in [7, 11) is 0. The van der Waals surface area contributed by atoms with Crippen molar-refractivity contribution in [1.29, 1.82) is 0 Å². The van der Waals surface area contributed by atoms with Crippen LogP contribution in [0.5, 0.6) is 0 Å². The fourth-order valence-corrected chi connectivity index (χ4v) is 4.00. The van der Waals surface area contributed by atoms with E-state index in [0.717, 1.165) is 10.4 Å². The third-order valence-electron chi connectivity index (χ3n) is 4.82. The molecule has 0 saturated heterocycles. The summed E-state index contributed by atoms with van der Waals surface area (Å²) in [5, 5.41) is 13.9. The van der Waals surface area contributed by atoms with Gasteiger partial charge in [-0.3, -0.25) is 14.8 Å². The number of carbonyl (C=O) groups is 2. The zero-order chi connectivity index (χ0) is 21.8. The standard InChI is InChI=1S/C24H19N3O3S/c25-20-11-10-16(22-9-4-12-31-22)14-21(20)26-23(28)17-6-3-5-15(13-17)18-7-1-2-8-19(18)24(29)27-30/h1-14,30H,25H2,(H,26,28)(H,27,29). The Morgan fingerprint density at radius 2 is 1.68 bits per heavy atom. The molecule has 0 aliphatic carbocycles. The molecule has 1 aromatic heterocycles. The van der Waals surface area contributed by atoms with Crippen molar-refractivity contribution in [3.05, 3.63) is 95.4 Å². The molecular formula is C24H19N3O3S. The van der Waals surface area contributed by atoms with Gasteiger partial charge in [0.25, 0.3) is 11.8 Å². The van der Waals surface area contributed by atoms with Crippen molar-refractivity contribution in [3.63, 3.8) is 0 Å². The number of anilines is 2. The van der Waals surface area contributed by atoms with Crippen LogP contribution in [0.1, 0.15) is 20.7 Å². The van der Waals surface area contributed by atoms with Crippen molar-refractivity contribution in [1.82, 2.24) is 5.48 Å². The number of nitrogens with two attached hydrogens (primary N) is 1.